The monoisotopic (exact) mass is 385 g/mol. The molecule has 0 bridgehead atoms. The first-order chi connectivity index (χ1) is 12.9. The molecule has 2 heterocycles. The van der Waals surface area contributed by atoms with Gasteiger partial charge in [-0.25, -0.2) is 4.98 Å². The summed E-state index contributed by atoms with van der Waals surface area (Å²) in [5, 5.41) is 3.14. The number of aromatic nitrogens is 3. The summed E-state index contributed by atoms with van der Waals surface area (Å²) in [5.74, 6) is -0.271. The highest BCUT2D eigenvalue weighted by Crippen LogP contribution is 2.27. The molecule has 2 amide bonds. The number of amides is 2. The van der Waals surface area contributed by atoms with Crippen molar-refractivity contribution in [3.63, 3.8) is 0 Å². The minimum atomic E-state index is -0.590. The first-order valence-electron chi connectivity index (χ1n) is 7.84. The van der Waals surface area contributed by atoms with Crippen LogP contribution in [0.4, 0.5) is 5.69 Å². The fourth-order valence-corrected chi connectivity index (χ4v) is 2.69. The Balaban J connectivity index is 1.89. The molecule has 1 aromatic carbocycles. The minimum Gasteiger partial charge on any atom is -0.495 e. The molecule has 8 nitrogen and oxygen atoms in total. The van der Waals surface area contributed by atoms with E-state index < -0.39 is 11.8 Å². The van der Waals surface area contributed by atoms with Crippen LogP contribution in [0.1, 0.15) is 20.8 Å². The predicted molar refractivity (Wildman–Crippen MR) is 101 cm³/mol. The van der Waals surface area contributed by atoms with Gasteiger partial charge >= 0.3 is 0 Å². The van der Waals surface area contributed by atoms with E-state index >= 15 is 0 Å². The summed E-state index contributed by atoms with van der Waals surface area (Å²) in [5.41, 5.74) is 6.57. The van der Waals surface area contributed by atoms with Crippen LogP contribution < -0.4 is 15.8 Å². The number of methoxy groups -OCH3 is 1. The number of hydrogen-bond donors (Lipinski definition) is 2. The van der Waals surface area contributed by atoms with E-state index in [4.69, 9.17) is 22.1 Å². The third kappa shape index (κ3) is 3.75. The third-order valence-corrected chi connectivity index (χ3v) is 4.12. The van der Waals surface area contributed by atoms with Gasteiger partial charge in [0.15, 0.2) is 5.82 Å². The molecule has 0 spiro atoms. The molecule has 0 aliphatic heterocycles. The van der Waals surface area contributed by atoms with Gasteiger partial charge in [0.2, 0.25) is 5.91 Å². The van der Waals surface area contributed by atoms with Crippen molar-refractivity contribution >= 4 is 29.1 Å². The van der Waals surface area contributed by atoms with Gasteiger partial charge in [-0.15, -0.1) is 0 Å². The van der Waals surface area contributed by atoms with Gasteiger partial charge in [0.05, 0.1) is 17.8 Å². The zero-order valence-electron chi connectivity index (χ0n) is 14.6. The molecule has 0 aliphatic carbocycles. The van der Waals surface area contributed by atoms with Gasteiger partial charge in [-0.2, -0.15) is 0 Å². The number of benzene rings is 1. The number of rotatable bonds is 5. The van der Waals surface area contributed by atoms with Crippen molar-refractivity contribution < 1.29 is 14.3 Å². The molecule has 3 aromatic rings. The number of nitrogens with one attached hydrogen (secondary N) is 1. The van der Waals surface area contributed by atoms with Gasteiger partial charge in [-0.1, -0.05) is 11.6 Å². The highest BCUT2D eigenvalue weighted by atomic mass is 35.5. The van der Waals surface area contributed by atoms with Crippen molar-refractivity contribution in [2.24, 2.45) is 12.8 Å². The lowest BCUT2D eigenvalue weighted by atomic mass is 10.1. The van der Waals surface area contributed by atoms with E-state index in [1.54, 1.807) is 36.1 Å². The van der Waals surface area contributed by atoms with E-state index in [1.165, 1.54) is 25.3 Å². The van der Waals surface area contributed by atoms with E-state index in [0.717, 1.165) is 0 Å². The van der Waals surface area contributed by atoms with Crippen LogP contribution >= 0.6 is 11.6 Å². The molecular formula is C18H16ClN5O3. The second-order valence-electron chi connectivity index (χ2n) is 5.63. The number of imidazole rings is 1. The molecular weight excluding hydrogens is 370 g/mol. The van der Waals surface area contributed by atoms with Crippen molar-refractivity contribution in [3.8, 4) is 17.3 Å². The number of hydrogen-bond acceptors (Lipinski definition) is 5. The molecule has 3 N–H and O–H groups in total. The number of carbonyl (C=O) groups is 2. The van der Waals surface area contributed by atoms with Gasteiger partial charge in [-0.3, -0.25) is 14.6 Å². The molecule has 0 aliphatic rings. The summed E-state index contributed by atoms with van der Waals surface area (Å²) in [4.78, 5) is 32.4. The Morgan fingerprint density at radius 1 is 1.30 bits per heavy atom. The molecule has 27 heavy (non-hydrogen) atoms. The molecule has 9 heteroatoms. The average Bonchev–Trinajstić information content (AvgIpc) is 3.04. The van der Waals surface area contributed by atoms with Gasteiger partial charge in [0, 0.05) is 25.0 Å². The topological polar surface area (TPSA) is 112 Å². The molecule has 0 atom stereocenters. The van der Waals surface area contributed by atoms with Crippen molar-refractivity contribution in [2.45, 2.75) is 0 Å². The lowest BCUT2D eigenvalue weighted by molar-refractivity contribution is 0.0997. The Labute approximate surface area is 159 Å². The third-order valence-electron chi connectivity index (χ3n) is 3.81. The largest absolute Gasteiger partial charge is 0.495 e. The van der Waals surface area contributed by atoms with Crippen LogP contribution in [0.3, 0.4) is 0 Å². The average molecular weight is 386 g/mol. The summed E-state index contributed by atoms with van der Waals surface area (Å²) >= 11 is 6.16. The number of ether oxygens (including phenoxy) is 1. The predicted octanol–water partition coefficient (Wildman–Crippen LogP) is 2.50. The van der Waals surface area contributed by atoms with Crippen LogP contribution in [0.15, 0.2) is 42.7 Å². The van der Waals surface area contributed by atoms with E-state index in [0.29, 0.717) is 28.0 Å². The summed E-state index contributed by atoms with van der Waals surface area (Å²) in [6.07, 6.45) is 3.17. The number of anilines is 1. The fourth-order valence-electron chi connectivity index (χ4n) is 2.48. The van der Waals surface area contributed by atoms with E-state index in [1.807, 2.05) is 0 Å². The molecule has 2 aromatic heterocycles. The summed E-state index contributed by atoms with van der Waals surface area (Å²) in [6.45, 7) is 0. The molecule has 3 rings (SSSR count). The van der Waals surface area contributed by atoms with Crippen LogP contribution in [0.5, 0.6) is 5.75 Å². The normalized spacial score (nSPS) is 10.5. The second kappa shape index (κ2) is 7.46. The minimum absolute atomic E-state index is 0.176. The molecule has 0 saturated carbocycles. The van der Waals surface area contributed by atoms with Gasteiger partial charge in [-0.05, 0) is 30.3 Å². The molecule has 0 radical (unpaired) electrons. The number of pyridine rings is 1. The lowest BCUT2D eigenvalue weighted by Gasteiger charge is -2.10. The Morgan fingerprint density at radius 2 is 2.07 bits per heavy atom. The number of nitrogens with two attached hydrogens (primary N) is 1. The van der Waals surface area contributed by atoms with Crippen molar-refractivity contribution in [1.82, 2.24) is 14.5 Å². The van der Waals surface area contributed by atoms with Crippen molar-refractivity contribution in [3.05, 3.63) is 59.0 Å². The first kappa shape index (κ1) is 18.4. The number of halogens is 1. The number of primary amides is 1. The number of carbonyl (C=O) groups excluding carboxylic acids is 2. The second-order valence-corrected chi connectivity index (χ2v) is 6.04. The number of nitrogens with zero attached hydrogens (tertiary/aromatic N) is 3. The first-order valence-corrected chi connectivity index (χ1v) is 8.22. The molecule has 0 unspecified atom stereocenters. The maximum Gasteiger partial charge on any atom is 0.275 e. The van der Waals surface area contributed by atoms with Gasteiger partial charge in [0.25, 0.3) is 5.91 Å². The lowest BCUT2D eigenvalue weighted by Crippen LogP contribution is -2.15. The van der Waals surface area contributed by atoms with E-state index in [2.05, 4.69) is 15.3 Å². The fraction of sp³-hybridized carbons (Fsp3) is 0.111. The highest BCUT2D eigenvalue weighted by molar-refractivity contribution is 6.32. The SMILES string of the molecule is COc1cc(C(N)=O)ccc1NC(=O)c1cn(C)c(-c2ncccc2Cl)n1. The highest BCUT2D eigenvalue weighted by Gasteiger charge is 2.18. The zero-order valence-corrected chi connectivity index (χ0v) is 15.3. The van der Waals surface area contributed by atoms with Gasteiger partial charge in [0.1, 0.15) is 17.1 Å². The van der Waals surface area contributed by atoms with Crippen LogP contribution in [-0.4, -0.2) is 33.5 Å². The van der Waals surface area contributed by atoms with Crippen molar-refractivity contribution in [1.29, 1.82) is 0 Å². The van der Waals surface area contributed by atoms with Crippen LogP contribution in [0.2, 0.25) is 5.02 Å². The Morgan fingerprint density at radius 3 is 2.74 bits per heavy atom. The van der Waals surface area contributed by atoms with E-state index in [-0.39, 0.29) is 11.3 Å². The molecule has 0 saturated heterocycles. The standard InChI is InChI=1S/C18H16ClN5O3/c1-24-9-13(22-17(24)15-11(19)4-3-7-21-15)18(26)23-12-6-5-10(16(20)25)8-14(12)27-2/h3-9H,1-2H3,(H2,20,25)(H,23,26). The van der Waals surface area contributed by atoms with Gasteiger partial charge < -0.3 is 20.4 Å². The maximum atomic E-state index is 12.6. The summed E-state index contributed by atoms with van der Waals surface area (Å²) < 4.78 is 6.87. The zero-order chi connectivity index (χ0) is 19.6. The molecule has 138 valence electrons. The summed E-state index contributed by atoms with van der Waals surface area (Å²) in [6, 6.07) is 7.90. The smallest absolute Gasteiger partial charge is 0.275 e. The summed E-state index contributed by atoms with van der Waals surface area (Å²) in [7, 11) is 3.17. The Bertz CT molecular complexity index is 1030. The number of aryl methyl sites for hydroxylation is 1. The Kier molecular flexibility index (Phi) is 5.09. The Hall–Kier alpha value is -3.39. The quantitative estimate of drug-likeness (QED) is 0.700. The van der Waals surface area contributed by atoms with Crippen LogP contribution in [0, 0.1) is 0 Å². The molecule has 0 fully saturated rings. The van der Waals surface area contributed by atoms with Crippen LogP contribution in [-0.2, 0) is 7.05 Å². The van der Waals surface area contributed by atoms with Crippen molar-refractivity contribution in [2.75, 3.05) is 12.4 Å². The maximum absolute atomic E-state index is 12.6. The van der Waals surface area contributed by atoms with E-state index in [9.17, 15) is 9.59 Å². The van der Waals surface area contributed by atoms with Crippen LogP contribution in [0.25, 0.3) is 11.5 Å².